The first-order valence-electron chi connectivity index (χ1n) is 3.09. The summed E-state index contributed by atoms with van der Waals surface area (Å²) < 4.78 is 23.3. The van der Waals surface area contributed by atoms with Crippen molar-refractivity contribution in [1.29, 1.82) is 0 Å². The lowest BCUT2D eigenvalue weighted by Gasteiger charge is -2.10. The zero-order valence-electron chi connectivity index (χ0n) is 5.75. The van der Waals surface area contributed by atoms with E-state index >= 15 is 0 Å². The van der Waals surface area contributed by atoms with Gasteiger partial charge < -0.3 is 0 Å². The Bertz CT molecular complexity index is 214. The van der Waals surface area contributed by atoms with Crippen LogP contribution in [0, 0.1) is 0 Å². The van der Waals surface area contributed by atoms with Crippen molar-refractivity contribution >= 4 is 26.0 Å². The van der Waals surface area contributed by atoms with E-state index in [9.17, 15) is 8.42 Å². The molecule has 1 heterocycles. The molecular weight excluding hydrogens is 218 g/mol. The summed E-state index contributed by atoms with van der Waals surface area (Å²) in [6.07, 6.45) is 2.17. The lowest BCUT2D eigenvalue weighted by molar-refractivity contribution is 0.484. The standard InChI is InChI=1S/C5H10BrNO2S/c1-10(8,9)7-3-2-5(6)4-7/h5H,2-4H2,1H3. The van der Waals surface area contributed by atoms with E-state index in [0.717, 1.165) is 6.42 Å². The van der Waals surface area contributed by atoms with E-state index in [4.69, 9.17) is 0 Å². The predicted molar refractivity (Wildman–Crippen MR) is 43.7 cm³/mol. The van der Waals surface area contributed by atoms with Gasteiger partial charge in [-0.1, -0.05) is 15.9 Å². The van der Waals surface area contributed by atoms with Crippen LogP contribution in [0.2, 0.25) is 0 Å². The molecule has 5 heteroatoms. The topological polar surface area (TPSA) is 37.4 Å². The fourth-order valence-corrected chi connectivity index (χ4v) is 2.62. The second kappa shape index (κ2) is 2.79. The zero-order valence-corrected chi connectivity index (χ0v) is 8.15. The zero-order chi connectivity index (χ0) is 7.78. The molecule has 60 valence electrons. The predicted octanol–water partition coefficient (Wildman–Crippen LogP) is 0.415. The van der Waals surface area contributed by atoms with Crippen LogP contribution in [0.5, 0.6) is 0 Å². The van der Waals surface area contributed by atoms with Crippen LogP contribution in [-0.2, 0) is 10.0 Å². The highest BCUT2D eigenvalue weighted by molar-refractivity contribution is 9.09. The van der Waals surface area contributed by atoms with Crippen LogP contribution in [0.4, 0.5) is 0 Å². The Hall–Kier alpha value is 0.390. The molecule has 0 aromatic carbocycles. The maximum Gasteiger partial charge on any atom is 0.211 e. The van der Waals surface area contributed by atoms with E-state index in [1.807, 2.05) is 0 Å². The highest BCUT2D eigenvalue weighted by atomic mass is 79.9. The molecule has 1 aliphatic heterocycles. The minimum Gasteiger partial charge on any atom is -0.213 e. The van der Waals surface area contributed by atoms with Crippen LogP contribution in [0.3, 0.4) is 0 Å². The molecule has 3 nitrogen and oxygen atoms in total. The molecule has 0 amide bonds. The molecule has 1 saturated heterocycles. The van der Waals surface area contributed by atoms with Crippen molar-refractivity contribution < 1.29 is 8.42 Å². The van der Waals surface area contributed by atoms with Crippen LogP contribution in [0.25, 0.3) is 0 Å². The third-order valence-electron chi connectivity index (χ3n) is 1.56. The largest absolute Gasteiger partial charge is 0.213 e. The van der Waals surface area contributed by atoms with Gasteiger partial charge in [0.1, 0.15) is 0 Å². The van der Waals surface area contributed by atoms with E-state index in [1.165, 1.54) is 10.6 Å². The maximum atomic E-state index is 10.9. The highest BCUT2D eigenvalue weighted by Crippen LogP contribution is 2.18. The van der Waals surface area contributed by atoms with Crippen molar-refractivity contribution in [2.45, 2.75) is 11.2 Å². The minimum absolute atomic E-state index is 0.349. The molecule has 1 unspecified atom stereocenters. The van der Waals surface area contributed by atoms with Gasteiger partial charge >= 0.3 is 0 Å². The summed E-state index contributed by atoms with van der Waals surface area (Å²) in [4.78, 5) is 0.349. The molecule has 1 fully saturated rings. The molecule has 0 aliphatic carbocycles. The van der Waals surface area contributed by atoms with Gasteiger partial charge in [0.2, 0.25) is 10.0 Å². The quantitative estimate of drug-likeness (QED) is 0.610. The number of rotatable bonds is 1. The number of halogens is 1. The molecule has 1 aliphatic rings. The summed E-state index contributed by atoms with van der Waals surface area (Å²) in [5.74, 6) is 0. The van der Waals surface area contributed by atoms with Crippen molar-refractivity contribution in [2.24, 2.45) is 0 Å². The molecular formula is C5H10BrNO2S. The summed E-state index contributed by atoms with van der Waals surface area (Å²) in [6, 6.07) is 0. The first kappa shape index (κ1) is 8.49. The minimum atomic E-state index is -2.93. The van der Waals surface area contributed by atoms with Crippen LogP contribution >= 0.6 is 15.9 Å². The number of nitrogens with zero attached hydrogens (tertiary/aromatic N) is 1. The Balaban J connectivity index is 2.62. The maximum absolute atomic E-state index is 10.9. The summed E-state index contributed by atoms with van der Waals surface area (Å²) in [6.45, 7) is 1.29. The molecule has 1 rings (SSSR count). The van der Waals surface area contributed by atoms with Gasteiger partial charge in [-0.3, -0.25) is 0 Å². The third kappa shape index (κ3) is 1.93. The fraction of sp³-hybridized carbons (Fsp3) is 1.00. The van der Waals surface area contributed by atoms with Crippen molar-refractivity contribution in [3.8, 4) is 0 Å². The van der Waals surface area contributed by atoms with Crippen LogP contribution in [0.15, 0.2) is 0 Å². The number of hydrogen-bond donors (Lipinski definition) is 0. The summed E-state index contributed by atoms with van der Waals surface area (Å²) in [5, 5.41) is 0. The van der Waals surface area contributed by atoms with Gasteiger partial charge in [-0.2, -0.15) is 0 Å². The van der Waals surface area contributed by atoms with Gasteiger partial charge in [0.15, 0.2) is 0 Å². The van der Waals surface area contributed by atoms with Gasteiger partial charge in [-0.05, 0) is 6.42 Å². The molecule has 0 saturated carbocycles. The average Bonchev–Trinajstić information content (AvgIpc) is 2.11. The van der Waals surface area contributed by atoms with Gasteiger partial charge in [-0.25, -0.2) is 12.7 Å². The number of sulfonamides is 1. The first-order valence-corrected chi connectivity index (χ1v) is 5.86. The van der Waals surface area contributed by atoms with Gasteiger partial charge in [-0.15, -0.1) is 0 Å². The van der Waals surface area contributed by atoms with E-state index in [2.05, 4.69) is 15.9 Å². The molecule has 0 radical (unpaired) electrons. The molecule has 10 heavy (non-hydrogen) atoms. The van der Waals surface area contributed by atoms with Gasteiger partial charge in [0.05, 0.1) is 6.26 Å². The lowest BCUT2D eigenvalue weighted by Crippen LogP contribution is -2.27. The van der Waals surface area contributed by atoms with E-state index in [-0.39, 0.29) is 0 Å². The lowest BCUT2D eigenvalue weighted by atomic mass is 10.4. The molecule has 0 aromatic heterocycles. The van der Waals surface area contributed by atoms with Crippen molar-refractivity contribution in [1.82, 2.24) is 4.31 Å². The SMILES string of the molecule is CS(=O)(=O)N1CCC(Br)C1. The Morgan fingerprint density at radius 1 is 1.60 bits per heavy atom. The Kier molecular flexibility index (Phi) is 2.37. The van der Waals surface area contributed by atoms with Crippen LogP contribution in [0.1, 0.15) is 6.42 Å². The van der Waals surface area contributed by atoms with E-state index in [1.54, 1.807) is 0 Å². The van der Waals surface area contributed by atoms with Gasteiger partial charge in [0.25, 0.3) is 0 Å². The summed E-state index contributed by atoms with van der Waals surface area (Å²) in [7, 11) is -2.93. The highest BCUT2D eigenvalue weighted by Gasteiger charge is 2.26. The second-order valence-electron chi connectivity index (χ2n) is 2.51. The Labute approximate surface area is 69.6 Å². The molecule has 1 atom stereocenters. The van der Waals surface area contributed by atoms with E-state index in [0.29, 0.717) is 17.9 Å². The third-order valence-corrected chi connectivity index (χ3v) is 3.58. The number of hydrogen-bond acceptors (Lipinski definition) is 2. The number of alkyl halides is 1. The fourth-order valence-electron chi connectivity index (χ4n) is 0.989. The first-order chi connectivity index (χ1) is 4.50. The summed E-state index contributed by atoms with van der Waals surface area (Å²) in [5.41, 5.74) is 0. The van der Waals surface area contributed by atoms with Crippen molar-refractivity contribution in [3.05, 3.63) is 0 Å². The van der Waals surface area contributed by atoms with E-state index < -0.39 is 10.0 Å². The average molecular weight is 228 g/mol. The molecule has 0 spiro atoms. The van der Waals surface area contributed by atoms with Crippen LogP contribution in [-0.4, -0.2) is 36.9 Å². The molecule has 0 bridgehead atoms. The molecule has 0 N–H and O–H groups in total. The Morgan fingerprint density at radius 3 is 2.40 bits per heavy atom. The van der Waals surface area contributed by atoms with Crippen molar-refractivity contribution in [3.63, 3.8) is 0 Å². The second-order valence-corrected chi connectivity index (χ2v) is 5.78. The Morgan fingerprint density at radius 2 is 2.20 bits per heavy atom. The monoisotopic (exact) mass is 227 g/mol. The normalized spacial score (nSPS) is 29.2. The smallest absolute Gasteiger partial charge is 0.211 e. The summed E-state index contributed by atoms with van der Waals surface area (Å²) >= 11 is 3.36. The molecule has 0 aromatic rings. The van der Waals surface area contributed by atoms with Gasteiger partial charge in [0, 0.05) is 17.9 Å². The van der Waals surface area contributed by atoms with Crippen LogP contribution < -0.4 is 0 Å². The van der Waals surface area contributed by atoms with Crippen molar-refractivity contribution in [2.75, 3.05) is 19.3 Å².